The van der Waals surface area contributed by atoms with Gasteiger partial charge in [-0.2, -0.15) is 0 Å². The number of nitrogens with zero attached hydrogens (tertiary/aromatic N) is 2. The zero-order valence-corrected chi connectivity index (χ0v) is 9.63. The lowest BCUT2D eigenvalue weighted by Crippen LogP contribution is -2.42. The Balaban J connectivity index is 2.31. The molecule has 2 rings (SSSR count). The minimum atomic E-state index is 0.550. The lowest BCUT2D eigenvalue weighted by molar-refractivity contribution is 0.780. The molecule has 0 unspecified atom stereocenters. The van der Waals surface area contributed by atoms with Gasteiger partial charge >= 0.3 is 0 Å². The van der Waals surface area contributed by atoms with Crippen LogP contribution in [0.15, 0.2) is 24.3 Å². The molecule has 0 radical (unpaired) electrons. The summed E-state index contributed by atoms with van der Waals surface area (Å²) in [5, 5.41) is 0. The molecular formula is C11H15N3S. The summed E-state index contributed by atoms with van der Waals surface area (Å²) in [6.07, 6.45) is 0. The number of hydrogen-bond acceptors (Lipinski definition) is 3. The lowest BCUT2D eigenvalue weighted by atomic mass is 10.2. The molecule has 4 heteroatoms. The highest BCUT2D eigenvalue weighted by Gasteiger charge is 2.19. The summed E-state index contributed by atoms with van der Waals surface area (Å²) in [6, 6.07) is 8.34. The Morgan fingerprint density at radius 2 is 2.00 bits per heavy atom. The van der Waals surface area contributed by atoms with Gasteiger partial charge in [0.2, 0.25) is 0 Å². The number of para-hydroxylation sites is 2. The van der Waals surface area contributed by atoms with Gasteiger partial charge in [0.15, 0.2) is 0 Å². The van der Waals surface area contributed by atoms with Gasteiger partial charge in [-0.05, 0) is 12.1 Å². The summed E-state index contributed by atoms with van der Waals surface area (Å²) in [5.41, 5.74) is 8.06. The lowest BCUT2D eigenvalue weighted by Gasteiger charge is -2.36. The standard InChI is InChI=1S/C11H15N3S/c1-13-6-7-14(8-11(12)15)10-5-3-2-4-9(10)13/h2-5H,6-8H2,1H3,(H2,12,15). The third-order valence-electron chi connectivity index (χ3n) is 2.69. The highest BCUT2D eigenvalue weighted by Crippen LogP contribution is 2.31. The maximum atomic E-state index is 5.59. The quantitative estimate of drug-likeness (QED) is 0.761. The van der Waals surface area contributed by atoms with Crippen molar-refractivity contribution in [3.05, 3.63) is 24.3 Å². The Labute approximate surface area is 95.5 Å². The van der Waals surface area contributed by atoms with E-state index in [9.17, 15) is 0 Å². The number of benzene rings is 1. The molecule has 0 spiro atoms. The highest BCUT2D eigenvalue weighted by molar-refractivity contribution is 7.80. The van der Waals surface area contributed by atoms with Crippen LogP contribution in [0.5, 0.6) is 0 Å². The minimum absolute atomic E-state index is 0.550. The van der Waals surface area contributed by atoms with Gasteiger partial charge < -0.3 is 15.5 Å². The summed E-state index contributed by atoms with van der Waals surface area (Å²) >= 11 is 4.96. The molecule has 0 atom stereocenters. The molecule has 0 bridgehead atoms. The van der Waals surface area contributed by atoms with Crippen LogP contribution in [-0.4, -0.2) is 31.7 Å². The molecule has 0 fully saturated rings. The summed E-state index contributed by atoms with van der Waals surface area (Å²) < 4.78 is 0. The van der Waals surface area contributed by atoms with E-state index in [0.717, 1.165) is 13.1 Å². The highest BCUT2D eigenvalue weighted by atomic mass is 32.1. The first-order chi connectivity index (χ1) is 7.18. The molecule has 15 heavy (non-hydrogen) atoms. The van der Waals surface area contributed by atoms with E-state index in [1.165, 1.54) is 11.4 Å². The van der Waals surface area contributed by atoms with Gasteiger partial charge in [0.1, 0.15) is 0 Å². The number of hydrogen-bond donors (Lipinski definition) is 1. The van der Waals surface area contributed by atoms with E-state index in [1.807, 2.05) is 6.07 Å². The topological polar surface area (TPSA) is 32.5 Å². The van der Waals surface area contributed by atoms with Crippen molar-refractivity contribution < 1.29 is 0 Å². The monoisotopic (exact) mass is 221 g/mol. The Morgan fingerprint density at radius 1 is 1.33 bits per heavy atom. The molecule has 0 saturated heterocycles. The van der Waals surface area contributed by atoms with E-state index < -0.39 is 0 Å². The molecule has 80 valence electrons. The van der Waals surface area contributed by atoms with Gasteiger partial charge in [-0.3, -0.25) is 0 Å². The van der Waals surface area contributed by atoms with E-state index in [1.54, 1.807) is 0 Å². The smallest absolute Gasteiger partial charge is 0.0923 e. The van der Waals surface area contributed by atoms with Gasteiger partial charge in [-0.1, -0.05) is 24.4 Å². The van der Waals surface area contributed by atoms with E-state index in [-0.39, 0.29) is 0 Å². The largest absolute Gasteiger partial charge is 0.392 e. The van der Waals surface area contributed by atoms with E-state index in [0.29, 0.717) is 11.5 Å². The van der Waals surface area contributed by atoms with Crippen LogP contribution in [0.25, 0.3) is 0 Å². The molecule has 1 heterocycles. The van der Waals surface area contributed by atoms with Gasteiger partial charge in [-0.25, -0.2) is 0 Å². The van der Waals surface area contributed by atoms with Crippen molar-refractivity contribution in [3.63, 3.8) is 0 Å². The van der Waals surface area contributed by atoms with Crippen LogP contribution in [-0.2, 0) is 0 Å². The van der Waals surface area contributed by atoms with Crippen LogP contribution in [0.1, 0.15) is 0 Å². The minimum Gasteiger partial charge on any atom is -0.392 e. The van der Waals surface area contributed by atoms with Crippen LogP contribution in [0.4, 0.5) is 11.4 Å². The van der Waals surface area contributed by atoms with Crippen molar-refractivity contribution >= 4 is 28.6 Å². The Kier molecular flexibility index (Phi) is 2.77. The first-order valence-electron chi connectivity index (χ1n) is 5.02. The second kappa shape index (κ2) is 4.06. The predicted octanol–water partition coefficient (Wildman–Crippen LogP) is 1.23. The molecule has 1 aliphatic heterocycles. The van der Waals surface area contributed by atoms with Crippen LogP contribution in [0.2, 0.25) is 0 Å². The molecule has 0 aromatic heterocycles. The Bertz CT molecular complexity index is 378. The van der Waals surface area contributed by atoms with Crippen molar-refractivity contribution in [2.75, 3.05) is 36.5 Å². The van der Waals surface area contributed by atoms with E-state index >= 15 is 0 Å². The molecule has 0 amide bonds. The van der Waals surface area contributed by atoms with E-state index in [2.05, 4.69) is 35.0 Å². The number of anilines is 2. The second-order valence-electron chi connectivity index (χ2n) is 3.80. The molecule has 1 aliphatic rings. The van der Waals surface area contributed by atoms with Crippen molar-refractivity contribution in [1.82, 2.24) is 0 Å². The summed E-state index contributed by atoms with van der Waals surface area (Å²) in [7, 11) is 2.11. The third-order valence-corrected chi connectivity index (χ3v) is 2.81. The first kappa shape index (κ1) is 10.2. The van der Waals surface area contributed by atoms with Gasteiger partial charge in [0.05, 0.1) is 22.9 Å². The molecule has 1 aromatic carbocycles. The van der Waals surface area contributed by atoms with E-state index in [4.69, 9.17) is 18.0 Å². The molecule has 2 N–H and O–H groups in total. The zero-order valence-electron chi connectivity index (χ0n) is 8.81. The SMILES string of the molecule is CN1CCN(CC(N)=S)c2ccccc21. The molecule has 1 aromatic rings. The van der Waals surface area contributed by atoms with Gasteiger partial charge in [0, 0.05) is 20.1 Å². The number of likely N-dealkylation sites (N-methyl/N-ethyl adjacent to an activating group) is 1. The molecule has 3 nitrogen and oxygen atoms in total. The fraction of sp³-hybridized carbons (Fsp3) is 0.364. The molecular weight excluding hydrogens is 206 g/mol. The normalized spacial score (nSPS) is 15.0. The maximum absolute atomic E-state index is 5.59. The fourth-order valence-electron chi connectivity index (χ4n) is 1.92. The van der Waals surface area contributed by atoms with Gasteiger partial charge in [0.25, 0.3) is 0 Å². The second-order valence-corrected chi connectivity index (χ2v) is 4.32. The van der Waals surface area contributed by atoms with Crippen LogP contribution < -0.4 is 15.5 Å². The average molecular weight is 221 g/mol. The van der Waals surface area contributed by atoms with Crippen molar-refractivity contribution in [1.29, 1.82) is 0 Å². The van der Waals surface area contributed by atoms with Crippen LogP contribution in [0.3, 0.4) is 0 Å². The predicted molar refractivity (Wildman–Crippen MR) is 68.7 cm³/mol. The summed E-state index contributed by atoms with van der Waals surface area (Å²) in [6.45, 7) is 2.66. The third kappa shape index (κ3) is 2.04. The van der Waals surface area contributed by atoms with Crippen molar-refractivity contribution in [2.24, 2.45) is 5.73 Å². The Hall–Kier alpha value is -1.29. The number of nitrogens with two attached hydrogens (primary N) is 1. The zero-order chi connectivity index (χ0) is 10.8. The summed E-state index contributed by atoms with van der Waals surface area (Å²) in [5.74, 6) is 0. The first-order valence-corrected chi connectivity index (χ1v) is 5.43. The van der Waals surface area contributed by atoms with Gasteiger partial charge in [-0.15, -0.1) is 0 Å². The maximum Gasteiger partial charge on any atom is 0.0923 e. The fourth-order valence-corrected chi connectivity index (χ4v) is 2.07. The number of rotatable bonds is 2. The number of thiocarbonyl (C=S) groups is 1. The number of fused-ring (bicyclic) bond motifs is 1. The van der Waals surface area contributed by atoms with Crippen molar-refractivity contribution in [2.45, 2.75) is 0 Å². The molecule has 0 saturated carbocycles. The summed E-state index contributed by atoms with van der Waals surface area (Å²) in [4.78, 5) is 5.04. The van der Waals surface area contributed by atoms with Crippen molar-refractivity contribution in [3.8, 4) is 0 Å². The molecule has 0 aliphatic carbocycles. The average Bonchev–Trinajstić information content (AvgIpc) is 2.22. The van der Waals surface area contributed by atoms with Crippen LogP contribution >= 0.6 is 12.2 Å². The Morgan fingerprint density at radius 3 is 2.67 bits per heavy atom. The van der Waals surface area contributed by atoms with Crippen LogP contribution in [0, 0.1) is 0 Å².